The van der Waals surface area contributed by atoms with Crippen molar-refractivity contribution in [3.05, 3.63) is 64.9 Å². The first-order valence-electron chi connectivity index (χ1n) is 7.23. The molecule has 2 aromatic rings. The Balaban J connectivity index is 1.87. The SMILES string of the molecule is Fc1ccc(O[C@@H](c2ccccc2)[C@@H]2CNCCO2)c(Cl)c1. The molecule has 1 saturated heterocycles. The summed E-state index contributed by atoms with van der Waals surface area (Å²) < 4.78 is 25.1. The summed E-state index contributed by atoms with van der Waals surface area (Å²) in [7, 11) is 0. The summed E-state index contributed by atoms with van der Waals surface area (Å²) in [5.41, 5.74) is 0.997. The fraction of sp³-hybridized carbons (Fsp3) is 0.294. The zero-order chi connectivity index (χ0) is 15.4. The Kier molecular flexibility index (Phi) is 4.93. The van der Waals surface area contributed by atoms with Crippen molar-refractivity contribution >= 4 is 11.6 Å². The molecule has 2 aromatic carbocycles. The molecule has 22 heavy (non-hydrogen) atoms. The predicted octanol–water partition coefficient (Wildman–Crippen LogP) is 3.59. The van der Waals surface area contributed by atoms with Crippen LogP contribution in [0, 0.1) is 5.82 Å². The molecule has 1 aliphatic heterocycles. The standard InChI is InChI=1S/C17H17ClFNO2/c18-14-10-13(19)6-7-15(14)22-17(12-4-2-1-3-5-12)16-11-20-8-9-21-16/h1-7,10,16-17,20H,8-9,11H2/t16-,17-/m0/s1. The second-order valence-corrected chi connectivity index (χ2v) is 5.54. The number of nitrogens with one attached hydrogen (secondary N) is 1. The summed E-state index contributed by atoms with van der Waals surface area (Å²) in [6.07, 6.45) is -0.436. The van der Waals surface area contributed by atoms with Gasteiger partial charge in [-0.05, 0) is 23.8 Å². The molecule has 0 spiro atoms. The van der Waals surface area contributed by atoms with Crippen LogP contribution in [0.4, 0.5) is 4.39 Å². The highest BCUT2D eigenvalue weighted by molar-refractivity contribution is 6.32. The largest absolute Gasteiger partial charge is 0.481 e. The molecule has 1 N–H and O–H groups in total. The second-order valence-electron chi connectivity index (χ2n) is 5.14. The van der Waals surface area contributed by atoms with Gasteiger partial charge in [-0.2, -0.15) is 0 Å². The molecule has 0 bridgehead atoms. The molecule has 2 atom stereocenters. The average Bonchev–Trinajstić information content (AvgIpc) is 2.56. The van der Waals surface area contributed by atoms with Gasteiger partial charge in [-0.15, -0.1) is 0 Å². The van der Waals surface area contributed by atoms with Crippen molar-refractivity contribution in [2.24, 2.45) is 0 Å². The van der Waals surface area contributed by atoms with Gasteiger partial charge in [0.05, 0.1) is 11.6 Å². The minimum atomic E-state index is -0.385. The van der Waals surface area contributed by atoms with Crippen LogP contribution in [-0.2, 0) is 4.74 Å². The summed E-state index contributed by atoms with van der Waals surface area (Å²) in [6.45, 7) is 2.15. The number of hydrogen-bond acceptors (Lipinski definition) is 3. The molecule has 1 aliphatic rings. The number of ether oxygens (including phenoxy) is 2. The van der Waals surface area contributed by atoms with Gasteiger partial charge >= 0.3 is 0 Å². The molecule has 5 heteroatoms. The Morgan fingerprint density at radius 1 is 1.23 bits per heavy atom. The van der Waals surface area contributed by atoms with Crippen molar-refractivity contribution in [1.82, 2.24) is 5.32 Å². The highest BCUT2D eigenvalue weighted by Gasteiger charge is 2.28. The normalized spacial score (nSPS) is 19.6. The molecule has 0 saturated carbocycles. The Labute approximate surface area is 134 Å². The minimum Gasteiger partial charge on any atom is -0.481 e. The van der Waals surface area contributed by atoms with Gasteiger partial charge in [0, 0.05) is 13.1 Å². The molecule has 3 rings (SSSR count). The third-order valence-corrected chi connectivity index (χ3v) is 3.87. The van der Waals surface area contributed by atoms with Gasteiger partial charge in [-0.25, -0.2) is 4.39 Å². The first-order valence-corrected chi connectivity index (χ1v) is 7.61. The number of hydrogen-bond donors (Lipinski definition) is 1. The highest BCUT2D eigenvalue weighted by atomic mass is 35.5. The Bertz CT molecular complexity index is 617. The smallest absolute Gasteiger partial charge is 0.151 e. The van der Waals surface area contributed by atoms with Crippen molar-refractivity contribution in [3.8, 4) is 5.75 Å². The number of benzene rings is 2. The van der Waals surface area contributed by atoms with E-state index in [9.17, 15) is 4.39 Å². The summed E-state index contributed by atoms with van der Waals surface area (Å²) in [4.78, 5) is 0. The lowest BCUT2D eigenvalue weighted by molar-refractivity contribution is -0.0432. The van der Waals surface area contributed by atoms with Crippen molar-refractivity contribution < 1.29 is 13.9 Å². The van der Waals surface area contributed by atoms with E-state index in [-0.39, 0.29) is 23.0 Å². The van der Waals surface area contributed by atoms with E-state index < -0.39 is 0 Å². The topological polar surface area (TPSA) is 30.5 Å². The second kappa shape index (κ2) is 7.09. The summed E-state index contributed by atoms with van der Waals surface area (Å²) in [6, 6.07) is 14.0. The molecule has 0 unspecified atom stereocenters. The van der Waals surface area contributed by atoms with Gasteiger partial charge < -0.3 is 14.8 Å². The quantitative estimate of drug-likeness (QED) is 0.933. The molecule has 1 heterocycles. The summed E-state index contributed by atoms with van der Waals surface area (Å²) >= 11 is 6.08. The molecule has 0 radical (unpaired) electrons. The molecular weight excluding hydrogens is 305 g/mol. The number of halogens is 2. The average molecular weight is 322 g/mol. The number of morpholine rings is 1. The van der Waals surface area contributed by atoms with Crippen molar-refractivity contribution in [2.75, 3.05) is 19.7 Å². The minimum absolute atomic E-state index is 0.128. The van der Waals surface area contributed by atoms with Crippen LogP contribution >= 0.6 is 11.6 Å². The Morgan fingerprint density at radius 2 is 2.05 bits per heavy atom. The van der Waals surface area contributed by atoms with Crippen LogP contribution in [0.15, 0.2) is 48.5 Å². The van der Waals surface area contributed by atoms with E-state index in [1.807, 2.05) is 30.3 Å². The molecule has 116 valence electrons. The Morgan fingerprint density at radius 3 is 2.73 bits per heavy atom. The number of rotatable bonds is 4. The first kappa shape index (κ1) is 15.3. The molecule has 0 aliphatic carbocycles. The lowest BCUT2D eigenvalue weighted by Crippen LogP contribution is -2.43. The van der Waals surface area contributed by atoms with Gasteiger partial charge in [0.15, 0.2) is 6.10 Å². The maximum Gasteiger partial charge on any atom is 0.151 e. The van der Waals surface area contributed by atoms with Gasteiger partial charge in [0.25, 0.3) is 0 Å². The van der Waals surface area contributed by atoms with Crippen molar-refractivity contribution in [3.63, 3.8) is 0 Å². The van der Waals surface area contributed by atoms with E-state index in [0.717, 1.165) is 12.1 Å². The predicted molar refractivity (Wildman–Crippen MR) is 83.8 cm³/mol. The van der Waals surface area contributed by atoms with E-state index in [0.29, 0.717) is 18.9 Å². The van der Waals surface area contributed by atoms with Crippen LogP contribution in [0.1, 0.15) is 11.7 Å². The van der Waals surface area contributed by atoms with E-state index in [1.165, 1.54) is 12.1 Å². The van der Waals surface area contributed by atoms with E-state index >= 15 is 0 Å². The first-order chi connectivity index (χ1) is 10.7. The van der Waals surface area contributed by atoms with Crippen LogP contribution < -0.4 is 10.1 Å². The molecule has 3 nitrogen and oxygen atoms in total. The van der Waals surface area contributed by atoms with Gasteiger partial charge in [0.2, 0.25) is 0 Å². The monoisotopic (exact) mass is 321 g/mol. The fourth-order valence-electron chi connectivity index (χ4n) is 2.49. The third kappa shape index (κ3) is 3.58. The van der Waals surface area contributed by atoms with Crippen LogP contribution in [-0.4, -0.2) is 25.8 Å². The van der Waals surface area contributed by atoms with Gasteiger partial charge in [-0.1, -0.05) is 41.9 Å². The Hall–Kier alpha value is -1.62. The summed E-state index contributed by atoms with van der Waals surface area (Å²) in [5, 5.41) is 3.55. The van der Waals surface area contributed by atoms with Gasteiger partial charge in [0.1, 0.15) is 17.7 Å². The maximum atomic E-state index is 13.2. The van der Waals surface area contributed by atoms with E-state index in [2.05, 4.69) is 5.32 Å². The lowest BCUT2D eigenvalue weighted by atomic mass is 10.0. The van der Waals surface area contributed by atoms with Crippen LogP contribution in [0.2, 0.25) is 5.02 Å². The third-order valence-electron chi connectivity index (χ3n) is 3.57. The maximum absolute atomic E-state index is 13.2. The van der Waals surface area contributed by atoms with Crippen molar-refractivity contribution in [1.29, 1.82) is 0 Å². The molecular formula is C17H17ClFNO2. The molecule has 0 amide bonds. The van der Waals surface area contributed by atoms with E-state index in [1.54, 1.807) is 6.07 Å². The molecule has 1 fully saturated rings. The fourth-order valence-corrected chi connectivity index (χ4v) is 2.70. The molecule has 0 aromatic heterocycles. The zero-order valence-corrected chi connectivity index (χ0v) is 12.7. The van der Waals surface area contributed by atoms with Crippen LogP contribution in [0.25, 0.3) is 0 Å². The lowest BCUT2D eigenvalue weighted by Gasteiger charge is -2.31. The van der Waals surface area contributed by atoms with Crippen LogP contribution in [0.3, 0.4) is 0 Å². The van der Waals surface area contributed by atoms with Crippen molar-refractivity contribution in [2.45, 2.75) is 12.2 Å². The summed E-state index contributed by atoms with van der Waals surface area (Å²) in [5.74, 6) is 0.0651. The highest BCUT2D eigenvalue weighted by Crippen LogP contribution is 2.32. The zero-order valence-electron chi connectivity index (χ0n) is 12.0. The van der Waals surface area contributed by atoms with E-state index in [4.69, 9.17) is 21.1 Å². The van der Waals surface area contributed by atoms with Crippen LogP contribution in [0.5, 0.6) is 5.75 Å². The van der Waals surface area contributed by atoms with Gasteiger partial charge in [-0.3, -0.25) is 0 Å².